The minimum absolute atomic E-state index is 0.0807. The zero-order chi connectivity index (χ0) is 25.8. The summed E-state index contributed by atoms with van der Waals surface area (Å²) in [5.74, 6) is 0.568. The van der Waals surface area contributed by atoms with Crippen LogP contribution in [-0.2, 0) is 9.53 Å². The molecule has 0 spiro atoms. The second-order valence-corrected chi connectivity index (χ2v) is 8.84. The van der Waals surface area contributed by atoms with E-state index in [4.69, 9.17) is 23.7 Å². The fraction of sp³-hybridized carbons (Fsp3) is 0.207. The summed E-state index contributed by atoms with van der Waals surface area (Å²) in [5, 5.41) is 6.73. The number of carbonyl (C=O) groups is 1. The van der Waals surface area contributed by atoms with Gasteiger partial charge >= 0.3 is 5.97 Å². The smallest absolute Gasteiger partial charge is 0.337 e. The van der Waals surface area contributed by atoms with Crippen molar-refractivity contribution < 1.29 is 32.9 Å². The molecule has 1 N–H and O–H groups in total. The Morgan fingerprint density at radius 2 is 1.35 bits per heavy atom. The van der Waals surface area contributed by atoms with E-state index >= 15 is 4.39 Å². The highest BCUT2D eigenvalue weighted by Crippen LogP contribution is 2.53. The number of benzene rings is 4. The number of fused-ring (bicyclic) bond motifs is 6. The standard InChI is InChI=1S/C29H24FNO6/c1-33-21-9-15-16-10-22(34-2)24(36-4)12-18(16)28-26(17(15)11-23(21)35-3)25(14-7-5-6-8-19(14)30)27-20(31-28)13-37-29(27)32/h5-12,25,31H,13H2,1-4H3. The van der Waals surface area contributed by atoms with Gasteiger partial charge in [-0.15, -0.1) is 0 Å². The van der Waals surface area contributed by atoms with Crippen LogP contribution in [0.15, 0.2) is 59.8 Å². The number of ether oxygens (including phenoxy) is 5. The number of methoxy groups -OCH3 is 4. The van der Waals surface area contributed by atoms with Gasteiger partial charge < -0.3 is 29.0 Å². The lowest BCUT2D eigenvalue weighted by Gasteiger charge is -2.31. The molecule has 4 aromatic rings. The monoisotopic (exact) mass is 501 g/mol. The van der Waals surface area contributed by atoms with E-state index in [1.165, 1.54) is 6.07 Å². The molecule has 188 valence electrons. The Bertz CT molecular complexity index is 1640. The summed E-state index contributed by atoms with van der Waals surface area (Å²) in [6, 6.07) is 14.0. The van der Waals surface area contributed by atoms with Gasteiger partial charge in [0.25, 0.3) is 0 Å². The molecule has 1 atom stereocenters. The van der Waals surface area contributed by atoms with Crippen molar-refractivity contribution in [1.29, 1.82) is 0 Å². The van der Waals surface area contributed by atoms with E-state index in [2.05, 4.69) is 5.32 Å². The van der Waals surface area contributed by atoms with Crippen molar-refractivity contribution in [3.8, 4) is 23.0 Å². The van der Waals surface area contributed by atoms with Gasteiger partial charge in [0.05, 0.1) is 45.4 Å². The first-order valence-electron chi connectivity index (χ1n) is 11.7. The normalized spacial score (nSPS) is 16.2. The highest BCUT2D eigenvalue weighted by Gasteiger charge is 2.41. The van der Waals surface area contributed by atoms with Crippen LogP contribution >= 0.6 is 0 Å². The van der Waals surface area contributed by atoms with Crippen molar-refractivity contribution >= 4 is 33.2 Å². The molecule has 6 rings (SSSR count). The van der Waals surface area contributed by atoms with Crippen molar-refractivity contribution in [3.63, 3.8) is 0 Å². The van der Waals surface area contributed by atoms with Gasteiger partial charge in [0.15, 0.2) is 23.0 Å². The molecule has 0 fully saturated rings. The van der Waals surface area contributed by atoms with Crippen LogP contribution in [0.4, 0.5) is 10.1 Å². The van der Waals surface area contributed by atoms with E-state index in [1.807, 2.05) is 24.3 Å². The molecule has 4 aromatic carbocycles. The molecule has 0 saturated carbocycles. The Morgan fingerprint density at radius 3 is 1.95 bits per heavy atom. The van der Waals surface area contributed by atoms with Crippen molar-refractivity contribution in [2.75, 3.05) is 40.4 Å². The van der Waals surface area contributed by atoms with Crippen LogP contribution in [-0.4, -0.2) is 41.0 Å². The van der Waals surface area contributed by atoms with Gasteiger partial charge in [-0.1, -0.05) is 18.2 Å². The lowest BCUT2D eigenvalue weighted by atomic mass is 9.77. The first-order chi connectivity index (χ1) is 18.0. The van der Waals surface area contributed by atoms with E-state index in [0.717, 1.165) is 32.8 Å². The van der Waals surface area contributed by atoms with Gasteiger partial charge in [0.1, 0.15) is 12.4 Å². The molecule has 0 bridgehead atoms. The van der Waals surface area contributed by atoms with Crippen LogP contribution in [0.3, 0.4) is 0 Å². The van der Waals surface area contributed by atoms with Crippen LogP contribution in [0.1, 0.15) is 17.0 Å². The topological polar surface area (TPSA) is 75.2 Å². The molecule has 2 aliphatic heterocycles. The number of carbonyl (C=O) groups excluding carboxylic acids is 1. The zero-order valence-corrected chi connectivity index (χ0v) is 20.7. The van der Waals surface area contributed by atoms with Crippen molar-refractivity contribution in [3.05, 3.63) is 76.7 Å². The van der Waals surface area contributed by atoms with Gasteiger partial charge in [0, 0.05) is 16.9 Å². The Balaban J connectivity index is 1.83. The highest BCUT2D eigenvalue weighted by molar-refractivity contribution is 6.19. The minimum atomic E-state index is -0.708. The molecular weight excluding hydrogens is 477 g/mol. The molecule has 8 heteroatoms. The third-order valence-corrected chi connectivity index (χ3v) is 7.13. The number of nitrogens with one attached hydrogen (secondary N) is 1. The predicted octanol–water partition coefficient (Wildman–Crippen LogP) is 5.53. The predicted molar refractivity (Wildman–Crippen MR) is 138 cm³/mol. The summed E-state index contributed by atoms with van der Waals surface area (Å²) >= 11 is 0. The molecule has 0 aromatic heterocycles. The van der Waals surface area contributed by atoms with E-state index in [1.54, 1.807) is 46.6 Å². The van der Waals surface area contributed by atoms with Gasteiger partial charge in [-0.25, -0.2) is 9.18 Å². The summed E-state index contributed by atoms with van der Waals surface area (Å²) in [6.07, 6.45) is 0. The number of cyclic esters (lactones) is 1. The lowest BCUT2D eigenvalue weighted by molar-refractivity contribution is -0.136. The first kappa shape index (κ1) is 23.0. The Labute approximate surface area is 212 Å². The lowest BCUT2D eigenvalue weighted by Crippen LogP contribution is -2.21. The van der Waals surface area contributed by atoms with Crippen LogP contribution in [0.25, 0.3) is 21.5 Å². The van der Waals surface area contributed by atoms with E-state index in [-0.39, 0.29) is 6.61 Å². The summed E-state index contributed by atoms with van der Waals surface area (Å²) in [5.41, 5.74) is 2.86. The fourth-order valence-corrected chi connectivity index (χ4v) is 5.47. The molecule has 37 heavy (non-hydrogen) atoms. The number of anilines is 1. The van der Waals surface area contributed by atoms with Gasteiger partial charge in [0.2, 0.25) is 0 Å². The average Bonchev–Trinajstić information content (AvgIpc) is 3.30. The van der Waals surface area contributed by atoms with E-state index < -0.39 is 17.7 Å². The van der Waals surface area contributed by atoms with E-state index in [0.29, 0.717) is 39.8 Å². The van der Waals surface area contributed by atoms with Gasteiger partial charge in [-0.05, 0) is 52.1 Å². The van der Waals surface area contributed by atoms with Gasteiger partial charge in [-0.3, -0.25) is 0 Å². The first-order valence-corrected chi connectivity index (χ1v) is 11.7. The number of esters is 1. The second kappa shape index (κ2) is 8.58. The van der Waals surface area contributed by atoms with E-state index in [9.17, 15) is 4.79 Å². The molecule has 0 saturated heterocycles. The summed E-state index contributed by atoms with van der Waals surface area (Å²) in [7, 11) is 6.29. The number of halogens is 1. The largest absolute Gasteiger partial charge is 0.493 e. The molecule has 1 unspecified atom stereocenters. The van der Waals surface area contributed by atoms with Crippen molar-refractivity contribution in [1.82, 2.24) is 0 Å². The molecule has 7 nitrogen and oxygen atoms in total. The van der Waals surface area contributed by atoms with Crippen molar-refractivity contribution in [2.24, 2.45) is 0 Å². The maximum atomic E-state index is 15.4. The number of hydrogen-bond acceptors (Lipinski definition) is 7. The Hall–Kier alpha value is -4.46. The molecule has 2 aliphatic rings. The summed E-state index contributed by atoms with van der Waals surface area (Å²) in [4.78, 5) is 13.0. The molecule has 0 radical (unpaired) electrons. The van der Waals surface area contributed by atoms with Crippen LogP contribution in [0.5, 0.6) is 23.0 Å². The maximum Gasteiger partial charge on any atom is 0.337 e. The quantitative estimate of drug-likeness (QED) is 0.285. The number of rotatable bonds is 5. The Kier molecular flexibility index (Phi) is 5.33. The third kappa shape index (κ3) is 3.28. The highest BCUT2D eigenvalue weighted by atomic mass is 19.1. The average molecular weight is 502 g/mol. The zero-order valence-electron chi connectivity index (χ0n) is 20.7. The summed E-state index contributed by atoms with van der Waals surface area (Å²) in [6.45, 7) is 0.0807. The summed E-state index contributed by atoms with van der Waals surface area (Å²) < 4.78 is 43.3. The molecular formula is C29H24FNO6. The van der Waals surface area contributed by atoms with Crippen LogP contribution in [0.2, 0.25) is 0 Å². The van der Waals surface area contributed by atoms with Gasteiger partial charge in [-0.2, -0.15) is 0 Å². The molecule has 0 aliphatic carbocycles. The Morgan fingerprint density at radius 1 is 0.811 bits per heavy atom. The third-order valence-electron chi connectivity index (χ3n) is 7.13. The van der Waals surface area contributed by atoms with Crippen LogP contribution < -0.4 is 24.3 Å². The second-order valence-electron chi connectivity index (χ2n) is 8.84. The van der Waals surface area contributed by atoms with Crippen LogP contribution in [0, 0.1) is 5.82 Å². The minimum Gasteiger partial charge on any atom is -0.493 e. The van der Waals surface area contributed by atoms with Crippen molar-refractivity contribution in [2.45, 2.75) is 5.92 Å². The molecule has 2 heterocycles. The number of hydrogen-bond donors (Lipinski definition) is 1. The SMILES string of the molecule is COc1cc2c3c(c4cc(OC)c(OC)cc4c2cc1OC)C(c1ccccc1F)C1=C(COC1=O)N3. The molecule has 0 amide bonds. The maximum absolute atomic E-state index is 15.4. The fourth-order valence-electron chi connectivity index (χ4n) is 5.47.